The second-order valence-corrected chi connectivity index (χ2v) is 2.30. The van der Waals surface area contributed by atoms with Crippen molar-refractivity contribution in [3.8, 4) is 0 Å². The quantitative estimate of drug-likeness (QED) is 0.367. The van der Waals surface area contributed by atoms with Gasteiger partial charge in [-0.05, 0) is 0 Å². The van der Waals surface area contributed by atoms with E-state index in [0.717, 1.165) is 0 Å². The first-order chi connectivity index (χ1) is 3.86. The van der Waals surface area contributed by atoms with Gasteiger partial charge in [0.05, 0.1) is 24.3 Å². The standard InChI is InChI=1S/C7H6O/c8-7-3-5-1-2-6(5)4-7/h1-6H/p+1. The molecule has 0 bridgehead atoms. The van der Waals surface area contributed by atoms with E-state index in [2.05, 4.69) is 12.2 Å². The molecule has 0 spiro atoms. The van der Waals surface area contributed by atoms with E-state index >= 15 is 0 Å². The summed E-state index contributed by atoms with van der Waals surface area (Å²) in [6.07, 6.45) is 7.96. The smallest absolute Gasteiger partial charge is 0.274 e. The molecule has 2 rings (SSSR count). The summed E-state index contributed by atoms with van der Waals surface area (Å²) in [5.74, 6) is 1.50. The van der Waals surface area contributed by atoms with Gasteiger partial charge < -0.3 is 5.11 Å². The van der Waals surface area contributed by atoms with Crippen molar-refractivity contribution in [2.24, 2.45) is 11.8 Å². The Morgan fingerprint density at radius 3 is 2.62 bits per heavy atom. The van der Waals surface area contributed by atoms with Gasteiger partial charge >= 0.3 is 0 Å². The summed E-state index contributed by atoms with van der Waals surface area (Å²) in [4.78, 5) is 0. The maximum Gasteiger partial charge on any atom is 0.274 e. The Morgan fingerprint density at radius 2 is 2.38 bits per heavy atom. The highest BCUT2D eigenvalue weighted by Crippen LogP contribution is 2.37. The zero-order chi connectivity index (χ0) is 5.56. The summed E-state index contributed by atoms with van der Waals surface area (Å²) in [6, 6.07) is 0. The number of fused-ring (bicyclic) bond motifs is 1. The zero-order valence-corrected chi connectivity index (χ0v) is 4.41. The second kappa shape index (κ2) is 1.10. The van der Waals surface area contributed by atoms with Gasteiger partial charge in [0.2, 0.25) is 0 Å². The molecule has 1 N–H and O–H groups in total. The molecule has 0 radical (unpaired) electrons. The van der Waals surface area contributed by atoms with E-state index in [4.69, 9.17) is 5.11 Å². The molecule has 2 atom stereocenters. The summed E-state index contributed by atoms with van der Waals surface area (Å²) >= 11 is 0. The van der Waals surface area contributed by atoms with Crippen LogP contribution in [-0.2, 0) is 0 Å². The lowest BCUT2D eigenvalue weighted by Crippen LogP contribution is -2.10. The lowest BCUT2D eigenvalue weighted by atomic mass is 9.85. The molecule has 0 amide bonds. The third-order valence-corrected chi connectivity index (χ3v) is 1.73. The molecule has 0 saturated heterocycles. The van der Waals surface area contributed by atoms with Crippen LogP contribution in [0.5, 0.6) is 0 Å². The number of hydrogen-bond acceptors (Lipinski definition) is 1. The van der Waals surface area contributed by atoms with Gasteiger partial charge in [-0.1, -0.05) is 12.2 Å². The lowest BCUT2D eigenvalue weighted by Gasteiger charge is -2.11. The average molecular weight is 107 g/mol. The van der Waals surface area contributed by atoms with Crippen molar-refractivity contribution >= 4 is 0 Å². The van der Waals surface area contributed by atoms with Gasteiger partial charge in [-0.2, -0.15) is 0 Å². The van der Waals surface area contributed by atoms with E-state index < -0.39 is 0 Å². The predicted molar refractivity (Wildman–Crippen MR) is 31.1 cm³/mol. The largest absolute Gasteiger partial charge is 0.478 e. The number of aliphatic hydroxyl groups excluding tert-OH is 1. The molecule has 0 saturated carbocycles. The fourth-order valence-electron chi connectivity index (χ4n) is 1.15. The number of allylic oxidation sites excluding steroid dienone is 4. The van der Waals surface area contributed by atoms with Crippen LogP contribution in [0.2, 0.25) is 0 Å². The third kappa shape index (κ3) is 0.340. The Kier molecular flexibility index (Phi) is 0.562. The highest BCUT2D eigenvalue weighted by Gasteiger charge is 2.38. The molecule has 0 fully saturated rings. The minimum atomic E-state index is 0.449. The molecule has 8 heavy (non-hydrogen) atoms. The maximum atomic E-state index is 8.88. The van der Waals surface area contributed by atoms with Crippen molar-refractivity contribution in [2.45, 2.75) is 0 Å². The van der Waals surface area contributed by atoms with Crippen LogP contribution >= 0.6 is 0 Å². The SMILES string of the molecule is OC1=CC2C=CC2[CH+]1. The molecular formula is C7H7O+. The van der Waals surface area contributed by atoms with Crippen LogP contribution in [0.1, 0.15) is 0 Å². The second-order valence-electron chi connectivity index (χ2n) is 2.30. The summed E-state index contributed by atoms with van der Waals surface area (Å²) in [5.41, 5.74) is 0. The van der Waals surface area contributed by atoms with Gasteiger partial charge in [0.15, 0.2) is 0 Å². The van der Waals surface area contributed by atoms with Crippen molar-refractivity contribution in [3.63, 3.8) is 0 Å². The van der Waals surface area contributed by atoms with E-state index in [0.29, 0.717) is 17.6 Å². The molecule has 2 unspecified atom stereocenters. The number of rotatable bonds is 0. The Balaban J connectivity index is 2.24. The maximum absolute atomic E-state index is 8.88. The molecule has 0 aromatic rings. The van der Waals surface area contributed by atoms with Gasteiger partial charge in [0.25, 0.3) is 5.76 Å². The summed E-state index contributed by atoms with van der Waals surface area (Å²) in [5, 5.41) is 8.88. The first-order valence-electron chi connectivity index (χ1n) is 2.80. The van der Waals surface area contributed by atoms with Crippen molar-refractivity contribution in [3.05, 3.63) is 30.4 Å². The fourth-order valence-corrected chi connectivity index (χ4v) is 1.15. The van der Waals surface area contributed by atoms with E-state index in [9.17, 15) is 0 Å². The van der Waals surface area contributed by atoms with E-state index in [1.807, 2.05) is 12.5 Å². The van der Waals surface area contributed by atoms with Crippen LogP contribution in [0.4, 0.5) is 0 Å². The third-order valence-electron chi connectivity index (χ3n) is 1.73. The highest BCUT2D eigenvalue weighted by molar-refractivity contribution is 5.32. The van der Waals surface area contributed by atoms with Crippen LogP contribution in [0.3, 0.4) is 0 Å². The van der Waals surface area contributed by atoms with Crippen LogP contribution < -0.4 is 0 Å². The molecule has 2 aliphatic rings. The van der Waals surface area contributed by atoms with Crippen LogP contribution in [0.15, 0.2) is 24.0 Å². The molecule has 40 valence electrons. The van der Waals surface area contributed by atoms with Crippen LogP contribution in [0, 0.1) is 18.3 Å². The highest BCUT2D eigenvalue weighted by atomic mass is 16.3. The Bertz CT molecular complexity index is 167. The molecule has 0 aromatic heterocycles. The normalized spacial score (nSPS) is 39.8. The van der Waals surface area contributed by atoms with Gasteiger partial charge in [-0.3, -0.25) is 0 Å². The van der Waals surface area contributed by atoms with E-state index in [-0.39, 0.29) is 0 Å². The van der Waals surface area contributed by atoms with E-state index in [1.54, 1.807) is 0 Å². The molecule has 0 heterocycles. The molecule has 1 nitrogen and oxygen atoms in total. The summed E-state index contributed by atoms with van der Waals surface area (Å²) in [6.45, 7) is 0. The topological polar surface area (TPSA) is 20.2 Å². The molecule has 0 aliphatic heterocycles. The van der Waals surface area contributed by atoms with Gasteiger partial charge in [-0.15, -0.1) is 0 Å². The van der Waals surface area contributed by atoms with E-state index in [1.165, 1.54) is 0 Å². The number of aliphatic hydroxyl groups is 1. The van der Waals surface area contributed by atoms with Crippen LogP contribution in [-0.4, -0.2) is 5.11 Å². The zero-order valence-electron chi connectivity index (χ0n) is 4.41. The van der Waals surface area contributed by atoms with Gasteiger partial charge in [-0.25, -0.2) is 0 Å². The molecule has 1 heteroatoms. The van der Waals surface area contributed by atoms with Crippen molar-refractivity contribution in [1.82, 2.24) is 0 Å². The summed E-state index contributed by atoms with van der Waals surface area (Å²) in [7, 11) is 0. The first kappa shape index (κ1) is 4.07. The Labute approximate surface area is 48.3 Å². The average Bonchev–Trinajstić information content (AvgIpc) is 1.91. The molecule has 0 aromatic carbocycles. The van der Waals surface area contributed by atoms with Gasteiger partial charge in [0.1, 0.15) is 0 Å². The van der Waals surface area contributed by atoms with Crippen molar-refractivity contribution in [2.75, 3.05) is 0 Å². The predicted octanol–water partition coefficient (Wildman–Crippen LogP) is 1.45. The number of hydrogen-bond donors (Lipinski definition) is 1. The minimum absolute atomic E-state index is 0.449. The lowest BCUT2D eigenvalue weighted by molar-refractivity contribution is 0.420. The summed E-state index contributed by atoms with van der Waals surface area (Å²) < 4.78 is 0. The first-order valence-corrected chi connectivity index (χ1v) is 2.80. The minimum Gasteiger partial charge on any atom is -0.478 e. The Morgan fingerprint density at radius 1 is 1.50 bits per heavy atom. The van der Waals surface area contributed by atoms with Crippen molar-refractivity contribution in [1.29, 1.82) is 0 Å². The molecule has 2 aliphatic carbocycles. The van der Waals surface area contributed by atoms with Crippen LogP contribution in [0.25, 0.3) is 0 Å². The Hall–Kier alpha value is -0.850. The monoisotopic (exact) mass is 107 g/mol. The van der Waals surface area contributed by atoms with Crippen molar-refractivity contribution < 1.29 is 5.11 Å². The fraction of sp³-hybridized carbons (Fsp3) is 0.286. The van der Waals surface area contributed by atoms with Gasteiger partial charge in [0, 0.05) is 0 Å². The molecular weight excluding hydrogens is 100 g/mol.